The summed E-state index contributed by atoms with van der Waals surface area (Å²) in [5, 5.41) is 12.7. The highest BCUT2D eigenvalue weighted by atomic mass is 16.5. The number of hydrogen-bond donors (Lipinski definition) is 2. The molecular weight excluding hydrogens is 280 g/mol. The Morgan fingerprint density at radius 3 is 2.68 bits per heavy atom. The Bertz CT molecular complexity index is 585. The van der Waals surface area contributed by atoms with E-state index in [4.69, 9.17) is 4.74 Å². The average molecular weight is 300 g/mol. The van der Waals surface area contributed by atoms with E-state index in [1.165, 1.54) is 6.20 Å². The molecule has 0 saturated carbocycles. The Labute approximate surface area is 130 Å². The molecular formula is C17H20N2O3. The van der Waals surface area contributed by atoms with Crippen LogP contribution in [0.3, 0.4) is 0 Å². The molecule has 0 fully saturated rings. The highest BCUT2D eigenvalue weighted by Gasteiger charge is 2.10. The van der Waals surface area contributed by atoms with Crippen molar-refractivity contribution in [1.29, 1.82) is 0 Å². The number of nitrogens with zero attached hydrogens (tertiary/aromatic N) is 1. The van der Waals surface area contributed by atoms with Crippen molar-refractivity contribution in [1.82, 2.24) is 10.3 Å². The van der Waals surface area contributed by atoms with E-state index in [1.54, 1.807) is 12.1 Å². The molecule has 22 heavy (non-hydrogen) atoms. The van der Waals surface area contributed by atoms with Gasteiger partial charge < -0.3 is 15.2 Å². The van der Waals surface area contributed by atoms with Crippen molar-refractivity contribution in [2.75, 3.05) is 13.2 Å². The first kappa shape index (κ1) is 16.0. The van der Waals surface area contributed by atoms with Gasteiger partial charge in [-0.15, -0.1) is 0 Å². The van der Waals surface area contributed by atoms with Gasteiger partial charge in [0.25, 0.3) is 5.91 Å². The predicted molar refractivity (Wildman–Crippen MR) is 83.9 cm³/mol. The van der Waals surface area contributed by atoms with E-state index >= 15 is 0 Å². The first-order valence-electron chi connectivity index (χ1n) is 7.28. The number of nitrogens with one attached hydrogen (secondary N) is 1. The molecule has 2 rings (SSSR count). The maximum Gasteiger partial charge on any atom is 0.252 e. The third-order valence-electron chi connectivity index (χ3n) is 3.10. The van der Waals surface area contributed by atoms with E-state index in [1.807, 2.05) is 37.3 Å². The van der Waals surface area contributed by atoms with Gasteiger partial charge in [0.1, 0.15) is 0 Å². The third kappa shape index (κ3) is 4.86. The van der Waals surface area contributed by atoms with Gasteiger partial charge in [-0.1, -0.05) is 30.3 Å². The Kier molecular flexibility index (Phi) is 5.91. The minimum absolute atomic E-state index is 0.195. The Hall–Kier alpha value is -2.40. The number of aliphatic hydroxyl groups excluding tert-OH is 1. The number of amides is 1. The van der Waals surface area contributed by atoms with Gasteiger partial charge in [-0.2, -0.15) is 0 Å². The molecule has 0 aliphatic heterocycles. The number of aliphatic hydroxyl groups is 1. The molecule has 1 aromatic heterocycles. The second-order valence-electron chi connectivity index (χ2n) is 4.87. The second-order valence-corrected chi connectivity index (χ2v) is 4.87. The van der Waals surface area contributed by atoms with Crippen LogP contribution in [0.4, 0.5) is 0 Å². The summed E-state index contributed by atoms with van der Waals surface area (Å²) in [7, 11) is 0. The van der Waals surface area contributed by atoms with Crippen molar-refractivity contribution in [3.05, 3.63) is 59.8 Å². The maximum atomic E-state index is 12.0. The van der Waals surface area contributed by atoms with Crippen LogP contribution in [0.2, 0.25) is 0 Å². The lowest BCUT2D eigenvalue weighted by atomic mass is 10.1. The predicted octanol–water partition coefficient (Wildman–Crippen LogP) is 1.81. The lowest BCUT2D eigenvalue weighted by Crippen LogP contribution is -2.33. The summed E-state index contributed by atoms with van der Waals surface area (Å²) in [6, 6.07) is 13.0. The fourth-order valence-electron chi connectivity index (χ4n) is 2.02. The molecule has 5 heteroatoms. The highest BCUT2D eigenvalue weighted by Crippen LogP contribution is 2.07. The van der Waals surface area contributed by atoms with E-state index in [2.05, 4.69) is 10.3 Å². The van der Waals surface area contributed by atoms with E-state index in [9.17, 15) is 9.90 Å². The van der Waals surface area contributed by atoms with Crippen molar-refractivity contribution in [3.63, 3.8) is 0 Å². The average Bonchev–Trinajstić information content (AvgIpc) is 2.54. The number of rotatable bonds is 7. The zero-order valence-electron chi connectivity index (χ0n) is 12.5. The zero-order valence-corrected chi connectivity index (χ0v) is 12.5. The van der Waals surface area contributed by atoms with Gasteiger partial charge in [0.15, 0.2) is 0 Å². The maximum absolute atomic E-state index is 12.0. The summed E-state index contributed by atoms with van der Waals surface area (Å²) >= 11 is 0. The normalized spacial score (nSPS) is 11.7. The summed E-state index contributed by atoms with van der Waals surface area (Å²) < 4.78 is 5.22. The number of carbonyl (C=O) groups excluding carboxylic acids is 1. The van der Waals surface area contributed by atoms with Crippen LogP contribution in [0.15, 0.2) is 48.7 Å². The van der Waals surface area contributed by atoms with Gasteiger partial charge in [-0.25, -0.2) is 4.98 Å². The molecule has 0 spiro atoms. The quantitative estimate of drug-likeness (QED) is 0.818. The molecule has 0 saturated heterocycles. The minimum atomic E-state index is -0.623. The molecule has 2 aromatic rings. The number of aromatic nitrogens is 1. The van der Waals surface area contributed by atoms with E-state index in [0.717, 1.165) is 5.56 Å². The van der Waals surface area contributed by atoms with Crippen molar-refractivity contribution in [3.8, 4) is 5.88 Å². The molecule has 0 bridgehead atoms. The van der Waals surface area contributed by atoms with E-state index in [0.29, 0.717) is 24.5 Å². The molecule has 5 nitrogen and oxygen atoms in total. The van der Waals surface area contributed by atoms with Crippen LogP contribution in [0.25, 0.3) is 0 Å². The lowest BCUT2D eigenvalue weighted by Gasteiger charge is -2.12. The summed E-state index contributed by atoms with van der Waals surface area (Å²) in [6.07, 6.45) is 1.34. The topological polar surface area (TPSA) is 71.5 Å². The number of hydrogen-bond acceptors (Lipinski definition) is 4. The second kappa shape index (κ2) is 8.14. The first-order chi connectivity index (χ1) is 10.7. The molecule has 0 radical (unpaired) electrons. The number of ether oxygens (including phenoxy) is 1. The Morgan fingerprint density at radius 2 is 2.05 bits per heavy atom. The van der Waals surface area contributed by atoms with Crippen molar-refractivity contribution >= 4 is 5.91 Å². The summed E-state index contributed by atoms with van der Waals surface area (Å²) in [6.45, 7) is 2.60. The largest absolute Gasteiger partial charge is 0.478 e. The van der Waals surface area contributed by atoms with E-state index < -0.39 is 6.10 Å². The molecule has 1 atom stereocenters. The van der Waals surface area contributed by atoms with Gasteiger partial charge >= 0.3 is 0 Å². The van der Waals surface area contributed by atoms with Crippen molar-refractivity contribution < 1.29 is 14.6 Å². The smallest absolute Gasteiger partial charge is 0.252 e. The molecule has 0 aliphatic rings. The summed E-state index contributed by atoms with van der Waals surface area (Å²) in [5.41, 5.74) is 1.47. The van der Waals surface area contributed by atoms with Gasteiger partial charge in [-0.05, 0) is 18.6 Å². The van der Waals surface area contributed by atoms with E-state index in [-0.39, 0.29) is 12.5 Å². The van der Waals surface area contributed by atoms with Crippen LogP contribution in [0, 0.1) is 0 Å². The monoisotopic (exact) mass is 300 g/mol. The molecule has 1 unspecified atom stereocenters. The van der Waals surface area contributed by atoms with Crippen LogP contribution in [0.5, 0.6) is 5.88 Å². The lowest BCUT2D eigenvalue weighted by molar-refractivity contribution is 0.0915. The summed E-state index contributed by atoms with van der Waals surface area (Å²) in [4.78, 5) is 16.0. The van der Waals surface area contributed by atoms with Crippen LogP contribution in [0.1, 0.15) is 22.8 Å². The van der Waals surface area contributed by atoms with Gasteiger partial charge in [-0.3, -0.25) is 4.79 Å². The van der Waals surface area contributed by atoms with Crippen LogP contribution < -0.4 is 10.1 Å². The fourth-order valence-corrected chi connectivity index (χ4v) is 2.02. The SMILES string of the molecule is CCOc1ccc(C(=O)NCC(O)Cc2ccccc2)cn1. The molecule has 1 aromatic carbocycles. The minimum Gasteiger partial charge on any atom is -0.478 e. The van der Waals surface area contributed by atoms with Gasteiger partial charge in [0.2, 0.25) is 5.88 Å². The molecule has 116 valence electrons. The fraction of sp³-hybridized carbons (Fsp3) is 0.294. The summed E-state index contributed by atoms with van der Waals surface area (Å²) in [5.74, 6) is 0.228. The zero-order chi connectivity index (χ0) is 15.8. The standard InChI is InChI=1S/C17H20N2O3/c1-2-22-16-9-8-14(11-18-16)17(21)19-12-15(20)10-13-6-4-3-5-7-13/h3-9,11,15,20H,2,10,12H2,1H3,(H,19,21). The Morgan fingerprint density at radius 1 is 1.27 bits per heavy atom. The molecule has 1 amide bonds. The van der Waals surface area contributed by atoms with Gasteiger partial charge in [0.05, 0.1) is 18.3 Å². The highest BCUT2D eigenvalue weighted by molar-refractivity contribution is 5.93. The third-order valence-corrected chi connectivity index (χ3v) is 3.10. The number of carbonyl (C=O) groups is 1. The van der Waals surface area contributed by atoms with Crippen LogP contribution >= 0.6 is 0 Å². The first-order valence-corrected chi connectivity index (χ1v) is 7.28. The van der Waals surface area contributed by atoms with Crippen LogP contribution in [-0.4, -0.2) is 35.3 Å². The van der Waals surface area contributed by atoms with Gasteiger partial charge in [0, 0.05) is 25.2 Å². The Balaban J connectivity index is 1.81. The number of benzene rings is 1. The molecule has 0 aliphatic carbocycles. The van der Waals surface area contributed by atoms with Crippen LogP contribution in [-0.2, 0) is 6.42 Å². The van der Waals surface area contributed by atoms with Crippen molar-refractivity contribution in [2.24, 2.45) is 0 Å². The van der Waals surface area contributed by atoms with Crippen molar-refractivity contribution in [2.45, 2.75) is 19.4 Å². The molecule has 2 N–H and O–H groups in total. The molecule has 1 heterocycles. The number of pyridine rings is 1.